The number of nitrogens with zero attached hydrogens (tertiary/aromatic N) is 3. The zero-order chi connectivity index (χ0) is 22.6. The van der Waals surface area contributed by atoms with Gasteiger partial charge in [0, 0.05) is 32.3 Å². The van der Waals surface area contributed by atoms with Crippen LogP contribution in [0.15, 0.2) is 48.7 Å². The van der Waals surface area contributed by atoms with Crippen molar-refractivity contribution >= 4 is 17.7 Å². The maximum Gasteiger partial charge on any atom is 0.257 e. The van der Waals surface area contributed by atoms with Crippen molar-refractivity contribution in [1.29, 1.82) is 0 Å². The molecule has 2 N–H and O–H groups in total. The number of amides is 3. The van der Waals surface area contributed by atoms with E-state index >= 15 is 0 Å². The van der Waals surface area contributed by atoms with Crippen LogP contribution in [0, 0.1) is 0 Å². The molecule has 2 saturated heterocycles. The predicted octanol–water partition coefficient (Wildman–Crippen LogP) is 1.74. The van der Waals surface area contributed by atoms with E-state index in [4.69, 9.17) is 10.5 Å². The van der Waals surface area contributed by atoms with Crippen molar-refractivity contribution in [2.24, 2.45) is 5.73 Å². The number of ether oxygens (including phenoxy) is 1. The van der Waals surface area contributed by atoms with Crippen LogP contribution in [-0.2, 0) is 15.0 Å². The summed E-state index contributed by atoms with van der Waals surface area (Å²) in [5.74, 6) is -0.0755. The number of piperidine rings is 1. The highest BCUT2D eigenvalue weighted by Crippen LogP contribution is 2.34. The number of benzene rings is 1. The first-order chi connectivity index (χ1) is 15.5. The van der Waals surface area contributed by atoms with Crippen molar-refractivity contribution in [3.8, 4) is 5.75 Å². The smallest absolute Gasteiger partial charge is 0.257 e. The monoisotopic (exact) mass is 436 g/mol. The zero-order valence-electron chi connectivity index (χ0n) is 18.0. The van der Waals surface area contributed by atoms with Gasteiger partial charge in [-0.1, -0.05) is 18.2 Å². The fourth-order valence-electron chi connectivity index (χ4n) is 4.56. The molecule has 3 amide bonds. The highest BCUT2D eigenvalue weighted by molar-refractivity contribution is 5.98. The first-order valence-electron chi connectivity index (χ1n) is 11.0. The summed E-state index contributed by atoms with van der Waals surface area (Å²) in [6.45, 7) is 2.26. The Morgan fingerprint density at radius 2 is 1.91 bits per heavy atom. The van der Waals surface area contributed by atoms with Gasteiger partial charge in [-0.3, -0.25) is 19.4 Å². The first kappa shape index (κ1) is 21.8. The molecule has 0 aliphatic carbocycles. The summed E-state index contributed by atoms with van der Waals surface area (Å²) in [6.07, 6.45) is 4.29. The molecule has 8 nitrogen and oxygen atoms in total. The van der Waals surface area contributed by atoms with Crippen molar-refractivity contribution in [2.45, 2.75) is 31.1 Å². The summed E-state index contributed by atoms with van der Waals surface area (Å²) in [6, 6.07) is 12.5. The second kappa shape index (κ2) is 9.38. The highest BCUT2D eigenvalue weighted by Gasteiger charge is 2.45. The van der Waals surface area contributed by atoms with E-state index in [1.807, 2.05) is 12.1 Å². The summed E-state index contributed by atoms with van der Waals surface area (Å²) < 4.78 is 5.90. The number of nitrogens with two attached hydrogens (primary N) is 1. The third-order valence-electron chi connectivity index (χ3n) is 6.31. The molecule has 0 saturated carbocycles. The Bertz CT molecular complexity index is 997. The summed E-state index contributed by atoms with van der Waals surface area (Å²) in [5.41, 5.74) is 5.84. The van der Waals surface area contributed by atoms with Crippen LogP contribution in [0.2, 0.25) is 0 Å². The van der Waals surface area contributed by atoms with Crippen LogP contribution in [0.3, 0.4) is 0 Å². The molecule has 2 aromatic rings. The van der Waals surface area contributed by atoms with Gasteiger partial charge in [0.05, 0.1) is 17.8 Å². The number of carbonyl (C=O) groups excluding carboxylic acids is 3. The molecule has 3 heterocycles. The molecular formula is C24H28N4O4. The molecule has 2 fully saturated rings. The summed E-state index contributed by atoms with van der Waals surface area (Å²) in [4.78, 5) is 45.6. The number of carbonyl (C=O) groups is 3. The first-order valence-corrected chi connectivity index (χ1v) is 11.0. The van der Waals surface area contributed by atoms with Gasteiger partial charge in [-0.05, 0) is 43.5 Å². The molecule has 168 valence electrons. The van der Waals surface area contributed by atoms with Crippen LogP contribution in [0.1, 0.15) is 41.7 Å². The van der Waals surface area contributed by atoms with Crippen molar-refractivity contribution in [1.82, 2.24) is 14.8 Å². The van der Waals surface area contributed by atoms with Gasteiger partial charge >= 0.3 is 0 Å². The SMILES string of the molecule is NC(=O)[C@@]1(c2ccccn2)CCCN(C(=O)c2ccccc2OCCN2CCCC2=O)C1. The largest absolute Gasteiger partial charge is 0.491 e. The number of para-hydroxylation sites is 1. The molecular weight excluding hydrogens is 408 g/mol. The Morgan fingerprint density at radius 3 is 2.62 bits per heavy atom. The van der Waals surface area contributed by atoms with E-state index < -0.39 is 11.3 Å². The van der Waals surface area contributed by atoms with Crippen LogP contribution in [0.25, 0.3) is 0 Å². The standard InChI is InChI=1S/C24H28N4O4/c25-23(31)24(20-9-3-4-12-26-20)11-6-14-28(17-24)22(30)18-7-1-2-8-19(18)32-16-15-27-13-5-10-21(27)29/h1-4,7-9,12H,5-6,10-11,13-17H2,(H2,25,31)/t24-/m0/s1. The Labute approximate surface area is 187 Å². The normalized spacial score (nSPS) is 20.9. The Balaban J connectivity index is 1.50. The average molecular weight is 437 g/mol. The second-order valence-corrected chi connectivity index (χ2v) is 8.32. The van der Waals surface area contributed by atoms with Crippen LogP contribution < -0.4 is 10.5 Å². The van der Waals surface area contributed by atoms with Gasteiger partial charge in [-0.2, -0.15) is 0 Å². The van der Waals surface area contributed by atoms with E-state index in [9.17, 15) is 14.4 Å². The average Bonchev–Trinajstić information content (AvgIpc) is 3.24. The second-order valence-electron chi connectivity index (χ2n) is 8.32. The van der Waals surface area contributed by atoms with Gasteiger partial charge in [-0.25, -0.2) is 0 Å². The molecule has 1 atom stereocenters. The van der Waals surface area contributed by atoms with Gasteiger partial charge in [0.2, 0.25) is 11.8 Å². The van der Waals surface area contributed by atoms with Crippen LogP contribution in [0.5, 0.6) is 5.75 Å². The fraction of sp³-hybridized carbons (Fsp3) is 0.417. The molecule has 0 bridgehead atoms. The predicted molar refractivity (Wildman–Crippen MR) is 118 cm³/mol. The maximum atomic E-state index is 13.4. The minimum Gasteiger partial charge on any atom is -0.491 e. The van der Waals surface area contributed by atoms with Crippen molar-refractivity contribution < 1.29 is 19.1 Å². The molecule has 0 radical (unpaired) electrons. The lowest BCUT2D eigenvalue weighted by atomic mass is 9.76. The quantitative estimate of drug-likeness (QED) is 0.712. The molecule has 8 heteroatoms. The Hall–Kier alpha value is -3.42. The molecule has 0 unspecified atom stereocenters. The molecule has 1 aromatic heterocycles. The summed E-state index contributed by atoms with van der Waals surface area (Å²) >= 11 is 0. The van der Waals surface area contributed by atoms with Gasteiger partial charge < -0.3 is 20.3 Å². The van der Waals surface area contributed by atoms with Crippen LogP contribution in [-0.4, -0.2) is 65.3 Å². The third kappa shape index (κ3) is 4.30. The van der Waals surface area contributed by atoms with Gasteiger partial charge in [0.1, 0.15) is 17.8 Å². The number of rotatable bonds is 7. The van der Waals surface area contributed by atoms with E-state index in [0.717, 1.165) is 13.0 Å². The summed E-state index contributed by atoms with van der Waals surface area (Å²) in [7, 11) is 0. The van der Waals surface area contributed by atoms with Crippen molar-refractivity contribution in [3.05, 3.63) is 59.9 Å². The highest BCUT2D eigenvalue weighted by atomic mass is 16.5. The lowest BCUT2D eigenvalue weighted by Gasteiger charge is -2.40. The Kier molecular flexibility index (Phi) is 6.39. The topological polar surface area (TPSA) is 106 Å². The lowest BCUT2D eigenvalue weighted by molar-refractivity contribution is -0.128. The molecule has 0 spiro atoms. The maximum absolute atomic E-state index is 13.4. The number of likely N-dealkylation sites (tertiary alicyclic amines) is 2. The number of hydrogen-bond acceptors (Lipinski definition) is 5. The van der Waals surface area contributed by atoms with E-state index in [1.165, 1.54) is 0 Å². The van der Waals surface area contributed by atoms with E-state index in [0.29, 0.717) is 56.0 Å². The number of aromatic nitrogens is 1. The van der Waals surface area contributed by atoms with Gasteiger partial charge in [0.15, 0.2) is 0 Å². The van der Waals surface area contributed by atoms with E-state index in [1.54, 1.807) is 46.3 Å². The molecule has 32 heavy (non-hydrogen) atoms. The Morgan fingerprint density at radius 1 is 1.09 bits per heavy atom. The van der Waals surface area contributed by atoms with Gasteiger partial charge in [-0.15, -0.1) is 0 Å². The molecule has 2 aliphatic heterocycles. The van der Waals surface area contributed by atoms with Crippen molar-refractivity contribution in [2.75, 3.05) is 32.8 Å². The molecule has 1 aromatic carbocycles. The minimum absolute atomic E-state index is 0.142. The van der Waals surface area contributed by atoms with Crippen LogP contribution in [0.4, 0.5) is 0 Å². The zero-order valence-corrected chi connectivity index (χ0v) is 18.0. The lowest BCUT2D eigenvalue weighted by Crippen LogP contribution is -2.55. The minimum atomic E-state index is -1.01. The number of pyridine rings is 1. The third-order valence-corrected chi connectivity index (χ3v) is 6.31. The van der Waals surface area contributed by atoms with E-state index in [2.05, 4.69) is 4.98 Å². The number of hydrogen-bond donors (Lipinski definition) is 1. The number of primary amides is 1. The van der Waals surface area contributed by atoms with E-state index in [-0.39, 0.29) is 18.4 Å². The summed E-state index contributed by atoms with van der Waals surface area (Å²) in [5, 5.41) is 0. The molecule has 2 aliphatic rings. The fourth-order valence-corrected chi connectivity index (χ4v) is 4.56. The molecule has 4 rings (SSSR count). The van der Waals surface area contributed by atoms with Gasteiger partial charge in [0.25, 0.3) is 5.91 Å². The van der Waals surface area contributed by atoms with Crippen molar-refractivity contribution in [3.63, 3.8) is 0 Å². The van der Waals surface area contributed by atoms with Crippen LogP contribution >= 0.6 is 0 Å².